The maximum atomic E-state index is 12.4. The Morgan fingerprint density at radius 1 is 1.61 bits per heavy atom. The number of nitro groups is 1. The van der Waals surface area contributed by atoms with Gasteiger partial charge in [0.2, 0.25) is 0 Å². The van der Waals surface area contributed by atoms with E-state index in [9.17, 15) is 14.9 Å². The average Bonchev–Trinajstić information content (AvgIpc) is 2.93. The van der Waals surface area contributed by atoms with Crippen LogP contribution in [-0.2, 0) is 9.53 Å². The van der Waals surface area contributed by atoms with Gasteiger partial charge in [0.05, 0.1) is 21.4 Å². The third kappa shape index (κ3) is 3.31. The summed E-state index contributed by atoms with van der Waals surface area (Å²) in [6.07, 6.45) is 1.91. The van der Waals surface area contributed by atoms with Crippen molar-refractivity contribution in [2.45, 2.75) is 27.2 Å². The van der Waals surface area contributed by atoms with Gasteiger partial charge in [0.25, 0.3) is 5.69 Å². The van der Waals surface area contributed by atoms with E-state index >= 15 is 0 Å². The molecular weight excluding hydrogens is 366 g/mol. The van der Waals surface area contributed by atoms with E-state index in [0.29, 0.717) is 36.4 Å². The molecule has 0 aliphatic carbocycles. The molecular formula is C15H20BrN3O4. The fourth-order valence-corrected chi connectivity index (χ4v) is 3.50. The molecule has 1 atom stereocenters. The maximum absolute atomic E-state index is 12.4. The first-order valence-corrected chi connectivity index (χ1v) is 8.33. The average molecular weight is 386 g/mol. The number of aromatic nitrogens is 1. The van der Waals surface area contributed by atoms with E-state index in [1.807, 2.05) is 18.7 Å². The van der Waals surface area contributed by atoms with E-state index in [2.05, 4.69) is 20.9 Å². The lowest BCUT2D eigenvalue weighted by Gasteiger charge is -2.31. The highest BCUT2D eigenvalue weighted by Crippen LogP contribution is 2.42. The Bertz CT molecular complexity index is 623. The largest absolute Gasteiger partial charge is 0.466 e. The van der Waals surface area contributed by atoms with Crippen LogP contribution in [0.15, 0.2) is 16.7 Å². The predicted molar refractivity (Wildman–Crippen MR) is 89.3 cm³/mol. The molecule has 8 heteroatoms. The first kappa shape index (κ1) is 17.7. The fourth-order valence-electron chi connectivity index (χ4n) is 2.92. The zero-order valence-corrected chi connectivity index (χ0v) is 15.0. The molecule has 2 heterocycles. The van der Waals surface area contributed by atoms with E-state index in [0.717, 1.165) is 0 Å². The molecule has 1 aromatic rings. The smallest absolute Gasteiger partial charge is 0.314 e. The van der Waals surface area contributed by atoms with Gasteiger partial charge in [-0.05, 0) is 35.2 Å². The van der Waals surface area contributed by atoms with Gasteiger partial charge in [-0.25, -0.2) is 4.98 Å². The third-order valence-electron chi connectivity index (χ3n) is 4.41. The minimum absolute atomic E-state index is 0.0691. The van der Waals surface area contributed by atoms with Crippen molar-refractivity contribution in [3.63, 3.8) is 0 Å². The molecule has 0 spiro atoms. The van der Waals surface area contributed by atoms with Gasteiger partial charge in [-0.3, -0.25) is 14.9 Å². The number of nitrogens with zero attached hydrogens (tertiary/aromatic N) is 3. The minimum Gasteiger partial charge on any atom is -0.466 e. The molecule has 0 amide bonds. The van der Waals surface area contributed by atoms with Crippen molar-refractivity contribution in [2.75, 3.05) is 24.6 Å². The van der Waals surface area contributed by atoms with E-state index in [-0.39, 0.29) is 17.6 Å². The van der Waals surface area contributed by atoms with Crippen LogP contribution in [0.4, 0.5) is 11.5 Å². The second-order valence-electron chi connectivity index (χ2n) is 5.96. The standard InChI is InChI=1S/C15H20BrN3O4/c1-4-23-14(20)15(10(2)3)5-6-18(9-15)13-12(16)7-11(8-17-13)19(21)22/h7-8,10H,4-6,9H2,1-3H3. The lowest BCUT2D eigenvalue weighted by atomic mass is 9.76. The van der Waals surface area contributed by atoms with Gasteiger partial charge < -0.3 is 9.64 Å². The Labute approximate surface area is 143 Å². The maximum Gasteiger partial charge on any atom is 0.314 e. The van der Waals surface area contributed by atoms with Crippen LogP contribution in [0.25, 0.3) is 0 Å². The number of carbonyl (C=O) groups is 1. The molecule has 1 aromatic heterocycles. The molecule has 23 heavy (non-hydrogen) atoms. The molecule has 7 nitrogen and oxygen atoms in total. The van der Waals surface area contributed by atoms with E-state index in [4.69, 9.17) is 4.74 Å². The molecule has 0 saturated carbocycles. The van der Waals surface area contributed by atoms with Crippen molar-refractivity contribution in [3.8, 4) is 0 Å². The highest BCUT2D eigenvalue weighted by atomic mass is 79.9. The Morgan fingerprint density at radius 3 is 2.83 bits per heavy atom. The van der Waals surface area contributed by atoms with Crippen molar-refractivity contribution in [1.82, 2.24) is 4.98 Å². The Balaban J connectivity index is 2.27. The van der Waals surface area contributed by atoms with Crippen LogP contribution >= 0.6 is 15.9 Å². The van der Waals surface area contributed by atoms with E-state index < -0.39 is 10.3 Å². The quantitative estimate of drug-likeness (QED) is 0.439. The molecule has 0 aromatic carbocycles. The number of ether oxygens (including phenoxy) is 1. The summed E-state index contributed by atoms with van der Waals surface area (Å²) >= 11 is 3.34. The first-order valence-electron chi connectivity index (χ1n) is 7.54. The molecule has 2 rings (SSSR count). The Hall–Kier alpha value is -1.70. The molecule has 1 unspecified atom stereocenters. The van der Waals surface area contributed by atoms with Gasteiger partial charge in [0.1, 0.15) is 12.0 Å². The normalized spacial score (nSPS) is 20.8. The number of esters is 1. The molecule has 1 aliphatic heterocycles. The van der Waals surface area contributed by atoms with Crippen molar-refractivity contribution in [2.24, 2.45) is 11.3 Å². The van der Waals surface area contributed by atoms with Crippen LogP contribution in [0.5, 0.6) is 0 Å². The SMILES string of the molecule is CCOC(=O)C1(C(C)C)CCN(c2ncc([N+](=O)[O-])cc2Br)C1. The Kier molecular flexibility index (Phi) is 5.23. The van der Waals surface area contributed by atoms with E-state index in [1.165, 1.54) is 12.3 Å². The monoisotopic (exact) mass is 385 g/mol. The van der Waals surface area contributed by atoms with Crippen LogP contribution in [-0.4, -0.2) is 35.6 Å². The Morgan fingerprint density at radius 2 is 2.30 bits per heavy atom. The molecule has 1 saturated heterocycles. The summed E-state index contributed by atoms with van der Waals surface area (Å²) in [5, 5.41) is 10.8. The molecule has 126 valence electrons. The summed E-state index contributed by atoms with van der Waals surface area (Å²) in [6, 6.07) is 1.43. The van der Waals surface area contributed by atoms with Gasteiger partial charge in [0, 0.05) is 19.2 Å². The lowest BCUT2D eigenvalue weighted by Crippen LogP contribution is -2.40. The van der Waals surface area contributed by atoms with Crippen molar-refractivity contribution < 1.29 is 14.5 Å². The van der Waals surface area contributed by atoms with Crippen LogP contribution < -0.4 is 4.90 Å². The summed E-state index contributed by atoms with van der Waals surface area (Å²) in [7, 11) is 0. The number of rotatable bonds is 5. The van der Waals surface area contributed by atoms with Crippen LogP contribution in [0.3, 0.4) is 0 Å². The second-order valence-corrected chi connectivity index (χ2v) is 6.81. The zero-order valence-electron chi connectivity index (χ0n) is 13.4. The topological polar surface area (TPSA) is 85.6 Å². The van der Waals surface area contributed by atoms with Crippen molar-refractivity contribution in [3.05, 3.63) is 26.9 Å². The molecule has 0 N–H and O–H groups in total. The van der Waals surface area contributed by atoms with Gasteiger partial charge in [-0.1, -0.05) is 13.8 Å². The third-order valence-corrected chi connectivity index (χ3v) is 4.99. The summed E-state index contributed by atoms with van der Waals surface area (Å²) in [6.45, 7) is 7.32. The molecule has 1 fully saturated rings. The van der Waals surface area contributed by atoms with Crippen LogP contribution in [0.1, 0.15) is 27.2 Å². The van der Waals surface area contributed by atoms with Gasteiger partial charge in [0.15, 0.2) is 0 Å². The highest BCUT2D eigenvalue weighted by molar-refractivity contribution is 9.10. The van der Waals surface area contributed by atoms with Crippen LogP contribution in [0, 0.1) is 21.4 Å². The van der Waals surface area contributed by atoms with E-state index in [1.54, 1.807) is 6.92 Å². The lowest BCUT2D eigenvalue weighted by molar-refractivity contribution is -0.385. The van der Waals surface area contributed by atoms with Gasteiger partial charge in [-0.15, -0.1) is 0 Å². The zero-order chi connectivity index (χ0) is 17.2. The van der Waals surface area contributed by atoms with Crippen molar-refractivity contribution >= 4 is 33.4 Å². The summed E-state index contributed by atoms with van der Waals surface area (Å²) in [5.74, 6) is 0.557. The van der Waals surface area contributed by atoms with Gasteiger partial charge in [-0.2, -0.15) is 0 Å². The highest BCUT2D eigenvalue weighted by Gasteiger charge is 2.48. The summed E-state index contributed by atoms with van der Waals surface area (Å²) < 4.78 is 5.82. The first-order chi connectivity index (χ1) is 10.8. The van der Waals surface area contributed by atoms with Crippen molar-refractivity contribution in [1.29, 1.82) is 0 Å². The van der Waals surface area contributed by atoms with Gasteiger partial charge >= 0.3 is 5.97 Å². The molecule has 0 radical (unpaired) electrons. The van der Waals surface area contributed by atoms with Crippen LogP contribution in [0.2, 0.25) is 0 Å². The second kappa shape index (κ2) is 6.82. The fraction of sp³-hybridized carbons (Fsp3) is 0.600. The number of halogens is 1. The number of hydrogen-bond acceptors (Lipinski definition) is 6. The summed E-state index contributed by atoms with van der Waals surface area (Å²) in [5.41, 5.74) is -0.640. The predicted octanol–water partition coefficient (Wildman–Crippen LogP) is 3.17. The minimum atomic E-state index is -0.571. The number of anilines is 1. The number of carbonyl (C=O) groups excluding carboxylic acids is 1. The number of pyridine rings is 1. The molecule has 0 bridgehead atoms. The molecule has 1 aliphatic rings. The summed E-state index contributed by atoms with van der Waals surface area (Å²) in [4.78, 5) is 28.9. The number of hydrogen-bond donors (Lipinski definition) is 0.